The minimum absolute atomic E-state index is 0.137. The van der Waals surface area contributed by atoms with E-state index in [1.807, 2.05) is 12.1 Å². The van der Waals surface area contributed by atoms with Gasteiger partial charge in [0.05, 0.1) is 25.9 Å². The Bertz CT molecular complexity index is 431. The topological polar surface area (TPSA) is 46.6 Å². The maximum atomic E-state index is 9.01. The number of hydrogen-bond donors (Lipinski definition) is 0. The van der Waals surface area contributed by atoms with E-state index in [1.54, 1.807) is 0 Å². The zero-order valence-corrected chi connectivity index (χ0v) is 10.3. The van der Waals surface area contributed by atoms with Crippen molar-refractivity contribution in [3.8, 4) is 6.07 Å². The largest absolute Gasteiger partial charge is 0.348 e. The van der Waals surface area contributed by atoms with Gasteiger partial charge in [0.25, 0.3) is 5.70 Å². The molecule has 4 nitrogen and oxygen atoms in total. The summed E-state index contributed by atoms with van der Waals surface area (Å²) < 4.78 is 11.4. The summed E-state index contributed by atoms with van der Waals surface area (Å²) in [7, 11) is 0. The highest BCUT2D eigenvalue weighted by Crippen LogP contribution is 2.44. The molecule has 1 spiro atoms. The van der Waals surface area contributed by atoms with Crippen molar-refractivity contribution in [2.75, 3.05) is 13.2 Å². The summed E-state index contributed by atoms with van der Waals surface area (Å²) in [5.74, 6) is -0.349. The lowest BCUT2D eigenvalue weighted by atomic mass is 9.78. The fourth-order valence-electron chi connectivity index (χ4n) is 2.80. The molecular weight excluding hydrogens is 228 g/mol. The first-order valence-corrected chi connectivity index (χ1v) is 6.14. The molecule has 1 saturated heterocycles. The molecule has 0 radical (unpaired) electrons. The Morgan fingerprint density at radius 3 is 2.89 bits per heavy atom. The second-order valence-corrected chi connectivity index (χ2v) is 4.63. The standard InChI is InChI=1S/C14H16N2O2/c1-3-4-11-9-14(17-7-8-18-14)6-5-12(11)13(10-15)16-2/h3,11H,1,4-9H2/b13-12+. The van der Waals surface area contributed by atoms with Crippen LogP contribution < -0.4 is 0 Å². The van der Waals surface area contributed by atoms with E-state index >= 15 is 0 Å². The number of ether oxygens (including phenoxy) is 2. The van der Waals surface area contributed by atoms with Gasteiger partial charge in [-0.05, 0) is 24.3 Å². The van der Waals surface area contributed by atoms with Gasteiger partial charge in [0.2, 0.25) is 0 Å². The van der Waals surface area contributed by atoms with Gasteiger partial charge < -0.3 is 9.47 Å². The molecule has 1 heterocycles. The third-order valence-corrected chi connectivity index (χ3v) is 3.61. The normalized spacial score (nSPS) is 28.4. The van der Waals surface area contributed by atoms with Crippen LogP contribution in [0, 0.1) is 23.8 Å². The van der Waals surface area contributed by atoms with Crippen LogP contribution in [-0.4, -0.2) is 19.0 Å². The zero-order valence-electron chi connectivity index (χ0n) is 10.3. The first-order chi connectivity index (χ1) is 8.74. The molecule has 0 bridgehead atoms. The van der Waals surface area contributed by atoms with Crippen molar-refractivity contribution in [1.29, 1.82) is 5.26 Å². The van der Waals surface area contributed by atoms with Crippen molar-refractivity contribution >= 4 is 0 Å². The van der Waals surface area contributed by atoms with Crippen molar-refractivity contribution in [1.82, 2.24) is 0 Å². The average molecular weight is 244 g/mol. The maximum absolute atomic E-state index is 9.01. The van der Waals surface area contributed by atoms with E-state index in [1.165, 1.54) is 0 Å². The number of nitriles is 1. The highest BCUT2D eigenvalue weighted by molar-refractivity contribution is 5.36. The average Bonchev–Trinajstić information content (AvgIpc) is 2.82. The summed E-state index contributed by atoms with van der Waals surface area (Å²) in [6.07, 6.45) is 4.73. The van der Waals surface area contributed by atoms with Gasteiger partial charge in [-0.2, -0.15) is 0 Å². The molecule has 0 aromatic carbocycles. The Kier molecular flexibility index (Phi) is 3.81. The van der Waals surface area contributed by atoms with E-state index in [0.717, 1.165) is 24.8 Å². The van der Waals surface area contributed by atoms with Crippen LogP contribution in [0.3, 0.4) is 0 Å². The summed E-state index contributed by atoms with van der Waals surface area (Å²) in [6.45, 7) is 12.1. The van der Waals surface area contributed by atoms with Gasteiger partial charge in [-0.25, -0.2) is 10.1 Å². The van der Waals surface area contributed by atoms with Crippen molar-refractivity contribution in [2.45, 2.75) is 31.5 Å². The second kappa shape index (κ2) is 5.35. The molecule has 0 aromatic heterocycles. The number of allylic oxidation sites excluding steroid dienone is 3. The Morgan fingerprint density at radius 1 is 1.61 bits per heavy atom. The summed E-state index contributed by atoms with van der Waals surface area (Å²) in [5, 5.41) is 9.01. The first kappa shape index (κ1) is 12.8. The lowest BCUT2D eigenvalue weighted by Gasteiger charge is -2.37. The molecular formula is C14H16N2O2. The number of nitrogens with zero attached hydrogens (tertiary/aromatic N) is 2. The van der Waals surface area contributed by atoms with Crippen molar-refractivity contribution < 1.29 is 9.47 Å². The van der Waals surface area contributed by atoms with Crippen LogP contribution in [0.5, 0.6) is 0 Å². The van der Waals surface area contributed by atoms with E-state index in [0.29, 0.717) is 19.6 Å². The Hall–Kier alpha value is -1.62. The van der Waals surface area contributed by atoms with Crippen molar-refractivity contribution in [3.63, 3.8) is 0 Å². The van der Waals surface area contributed by atoms with Crippen LogP contribution in [0.2, 0.25) is 0 Å². The predicted molar refractivity (Wildman–Crippen MR) is 66.0 cm³/mol. The summed E-state index contributed by atoms with van der Waals surface area (Å²) >= 11 is 0. The molecule has 1 aliphatic carbocycles. The fraction of sp³-hybridized carbons (Fsp3) is 0.571. The number of rotatable bonds is 2. The molecule has 2 rings (SSSR count). The molecule has 1 atom stereocenters. The van der Waals surface area contributed by atoms with Gasteiger partial charge in [0.1, 0.15) is 0 Å². The molecule has 0 N–H and O–H groups in total. The summed E-state index contributed by atoms with van der Waals surface area (Å²) in [5.41, 5.74) is 1.17. The lowest BCUT2D eigenvalue weighted by Crippen LogP contribution is -2.37. The van der Waals surface area contributed by atoms with E-state index < -0.39 is 5.79 Å². The lowest BCUT2D eigenvalue weighted by molar-refractivity contribution is -0.179. The smallest absolute Gasteiger partial charge is 0.261 e. The van der Waals surface area contributed by atoms with E-state index in [2.05, 4.69) is 11.4 Å². The third-order valence-electron chi connectivity index (χ3n) is 3.61. The summed E-state index contributed by atoms with van der Waals surface area (Å²) in [6, 6.07) is 2.00. The quantitative estimate of drug-likeness (QED) is 0.426. The van der Waals surface area contributed by atoms with E-state index in [9.17, 15) is 0 Å². The van der Waals surface area contributed by atoms with Gasteiger partial charge in [-0.15, -0.1) is 6.58 Å². The molecule has 1 aliphatic heterocycles. The molecule has 2 aliphatic rings. The molecule has 94 valence electrons. The molecule has 18 heavy (non-hydrogen) atoms. The third kappa shape index (κ3) is 2.31. The van der Waals surface area contributed by atoms with Gasteiger partial charge in [0.15, 0.2) is 5.79 Å². The molecule has 1 unspecified atom stereocenters. The van der Waals surface area contributed by atoms with Crippen LogP contribution in [-0.2, 0) is 9.47 Å². The predicted octanol–water partition coefficient (Wildman–Crippen LogP) is 2.80. The van der Waals surface area contributed by atoms with Crippen LogP contribution in [0.15, 0.2) is 23.9 Å². The molecule has 2 fully saturated rings. The molecule has 4 heteroatoms. The molecule has 0 amide bonds. The Labute approximate surface area is 107 Å². The summed E-state index contributed by atoms with van der Waals surface area (Å²) in [4.78, 5) is 3.33. The number of hydrogen-bond acceptors (Lipinski definition) is 3. The highest BCUT2D eigenvalue weighted by Gasteiger charge is 2.43. The van der Waals surface area contributed by atoms with Crippen LogP contribution in [0.25, 0.3) is 4.85 Å². The van der Waals surface area contributed by atoms with Gasteiger partial charge in [0, 0.05) is 12.8 Å². The van der Waals surface area contributed by atoms with Gasteiger partial charge in [-0.1, -0.05) is 6.08 Å². The fourth-order valence-corrected chi connectivity index (χ4v) is 2.80. The van der Waals surface area contributed by atoms with Crippen LogP contribution in [0.1, 0.15) is 25.7 Å². The van der Waals surface area contributed by atoms with Crippen molar-refractivity contribution in [2.24, 2.45) is 5.92 Å². The molecule has 1 saturated carbocycles. The van der Waals surface area contributed by atoms with Crippen LogP contribution in [0.4, 0.5) is 0 Å². The van der Waals surface area contributed by atoms with E-state index in [4.69, 9.17) is 21.3 Å². The maximum Gasteiger partial charge on any atom is 0.261 e. The minimum atomic E-state index is -0.486. The highest BCUT2D eigenvalue weighted by atomic mass is 16.7. The van der Waals surface area contributed by atoms with Crippen molar-refractivity contribution in [3.05, 3.63) is 35.3 Å². The van der Waals surface area contributed by atoms with Crippen LogP contribution >= 0.6 is 0 Å². The second-order valence-electron chi connectivity index (χ2n) is 4.63. The van der Waals surface area contributed by atoms with E-state index in [-0.39, 0.29) is 11.6 Å². The SMILES string of the molecule is [C-]#[N+]/C(C#N)=C1\CCC2(CC1CC=C)OCCO2. The monoisotopic (exact) mass is 244 g/mol. The first-order valence-electron chi connectivity index (χ1n) is 6.14. The zero-order chi connectivity index (χ0) is 13.0. The minimum Gasteiger partial charge on any atom is -0.348 e. The Morgan fingerprint density at radius 2 is 2.33 bits per heavy atom. The van der Waals surface area contributed by atoms with Gasteiger partial charge >= 0.3 is 0 Å². The molecule has 0 aromatic rings. The Balaban J connectivity index is 2.25. The van der Waals surface area contributed by atoms with Gasteiger partial charge in [-0.3, -0.25) is 0 Å².